The van der Waals surface area contributed by atoms with Gasteiger partial charge in [-0.05, 0) is 60.5 Å². The molecule has 1 saturated heterocycles. The topological polar surface area (TPSA) is 90.6 Å². The van der Waals surface area contributed by atoms with E-state index in [1.807, 2.05) is 31.2 Å². The number of nitrogens with zero attached hydrogens (tertiary/aromatic N) is 2. The molecule has 1 fully saturated rings. The Morgan fingerprint density at radius 3 is 2.42 bits per heavy atom. The normalized spacial score (nSPS) is 17.2. The summed E-state index contributed by atoms with van der Waals surface area (Å²) in [6.07, 6.45) is 0. The maximum atomic E-state index is 13.3. The quantitative estimate of drug-likeness (QED) is 0.331. The third-order valence-corrected chi connectivity index (χ3v) is 5.96. The summed E-state index contributed by atoms with van der Waals surface area (Å²) < 4.78 is 5.23. The van der Waals surface area contributed by atoms with Crippen molar-refractivity contribution in [1.29, 1.82) is 5.26 Å². The van der Waals surface area contributed by atoms with Crippen LogP contribution in [0.3, 0.4) is 0 Å². The molecule has 0 spiro atoms. The molecule has 33 heavy (non-hydrogen) atoms. The second-order valence-electron chi connectivity index (χ2n) is 7.53. The molecule has 0 radical (unpaired) electrons. The maximum absolute atomic E-state index is 13.3. The molecule has 0 aromatic heterocycles. The fourth-order valence-corrected chi connectivity index (χ4v) is 4.15. The van der Waals surface area contributed by atoms with Crippen molar-refractivity contribution >= 4 is 34.7 Å². The average molecular weight is 459 g/mol. The molecule has 164 valence electrons. The number of aryl methyl sites for hydroxylation is 1. The highest BCUT2D eigenvalue weighted by molar-refractivity contribution is 6.52. The van der Waals surface area contributed by atoms with Crippen LogP contribution >= 0.6 is 11.6 Å². The third-order valence-electron chi connectivity index (χ3n) is 5.63. The minimum Gasteiger partial charge on any atom is -0.507 e. The highest BCUT2D eigenvalue weighted by Crippen LogP contribution is 2.44. The van der Waals surface area contributed by atoms with Crippen LogP contribution in [0.4, 0.5) is 5.69 Å². The molecule has 3 aromatic carbocycles. The molecule has 0 aliphatic carbocycles. The lowest BCUT2D eigenvalue weighted by Crippen LogP contribution is -2.29. The Morgan fingerprint density at radius 2 is 1.79 bits per heavy atom. The van der Waals surface area contributed by atoms with Crippen LogP contribution < -0.4 is 9.64 Å². The first-order chi connectivity index (χ1) is 15.9. The van der Waals surface area contributed by atoms with Gasteiger partial charge in [-0.15, -0.1) is 0 Å². The monoisotopic (exact) mass is 458 g/mol. The van der Waals surface area contributed by atoms with E-state index in [0.29, 0.717) is 22.6 Å². The number of benzene rings is 3. The van der Waals surface area contributed by atoms with Gasteiger partial charge in [0.2, 0.25) is 0 Å². The maximum Gasteiger partial charge on any atom is 0.300 e. The van der Waals surface area contributed by atoms with Crippen LogP contribution in [-0.4, -0.2) is 23.9 Å². The van der Waals surface area contributed by atoms with Crippen LogP contribution in [0.5, 0.6) is 5.75 Å². The fraction of sp³-hybridized carbons (Fsp3) is 0.115. The van der Waals surface area contributed by atoms with E-state index < -0.39 is 17.7 Å². The van der Waals surface area contributed by atoms with Crippen molar-refractivity contribution in [1.82, 2.24) is 0 Å². The molecule has 1 amide bonds. The lowest BCUT2D eigenvalue weighted by molar-refractivity contribution is -0.132. The van der Waals surface area contributed by atoms with E-state index in [-0.39, 0.29) is 21.9 Å². The molecule has 7 heteroatoms. The van der Waals surface area contributed by atoms with Crippen molar-refractivity contribution in [2.75, 3.05) is 12.0 Å². The zero-order valence-electron chi connectivity index (χ0n) is 17.9. The second-order valence-corrected chi connectivity index (χ2v) is 7.94. The number of amides is 1. The molecule has 1 aliphatic rings. The Bertz CT molecular complexity index is 1340. The lowest BCUT2D eigenvalue weighted by Gasteiger charge is -2.26. The molecule has 6 nitrogen and oxygen atoms in total. The second kappa shape index (κ2) is 8.81. The zero-order valence-corrected chi connectivity index (χ0v) is 18.6. The van der Waals surface area contributed by atoms with Crippen LogP contribution in [0.1, 0.15) is 28.3 Å². The third kappa shape index (κ3) is 3.84. The van der Waals surface area contributed by atoms with Crippen LogP contribution in [-0.2, 0) is 9.59 Å². The molecule has 1 unspecified atom stereocenters. The highest BCUT2D eigenvalue weighted by atomic mass is 35.5. The number of aliphatic hydroxyl groups is 1. The van der Waals surface area contributed by atoms with Gasteiger partial charge in [-0.2, -0.15) is 5.26 Å². The zero-order chi connectivity index (χ0) is 23.7. The molecule has 1 aliphatic heterocycles. The molecule has 0 saturated carbocycles. The SMILES string of the molecule is COc1ccc(Cl)c(/C(O)=C2\C(=O)C(=O)N(c3ccc(C#N)cc3)C2c2ccccc2C)c1. The molecule has 1 atom stereocenters. The summed E-state index contributed by atoms with van der Waals surface area (Å²) in [4.78, 5) is 27.8. The number of carbonyl (C=O) groups is 2. The van der Waals surface area contributed by atoms with Gasteiger partial charge in [0.05, 0.1) is 35.4 Å². The number of nitriles is 1. The van der Waals surface area contributed by atoms with Crippen LogP contribution in [0.25, 0.3) is 5.76 Å². The van der Waals surface area contributed by atoms with Crippen molar-refractivity contribution in [3.05, 3.63) is 99.6 Å². The van der Waals surface area contributed by atoms with Crippen molar-refractivity contribution in [3.63, 3.8) is 0 Å². The van der Waals surface area contributed by atoms with E-state index in [4.69, 9.17) is 21.6 Å². The number of anilines is 1. The summed E-state index contributed by atoms with van der Waals surface area (Å²) in [5, 5.41) is 20.6. The van der Waals surface area contributed by atoms with E-state index in [1.54, 1.807) is 42.5 Å². The summed E-state index contributed by atoms with van der Waals surface area (Å²) in [7, 11) is 1.48. The average Bonchev–Trinajstić information content (AvgIpc) is 3.09. The summed E-state index contributed by atoms with van der Waals surface area (Å²) in [5.74, 6) is -1.56. The Labute approximate surface area is 195 Å². The number of hydrogen-bond donors (Lipinski definition) is 1. The first-order valence-corrected chi connectivity index (χ1v) is 10.5. The smallest absolute Gasteiger partial charge is 0.300 e. The first-order valence-electron chi connectivity index (χ1n) is 10.1. The Hall–Kier alpha value is -4.08. The molecular weight excluding hydrogens is 440 g/mol. The first kappa shape index (κ1) is 22.1. The van der Waals surface area contributed by atoms with Gasteiger partial charge in [-0.25, -0.2) is 0 Å². The number of rotatable bonds is 4. The van der Waals surface area contributed by atoms with Gasteiger partial charge in [0.1, 0.15) is 11.5 Å². The summed E-state index contributed by atoms with van der Waals surface area (Å²) in [6.45, 7) is 1.87. The largest absolute Gasteiger partial charge is 0.507 e. The van der Waals surface area contributed by atoms with Gasteiger partial charge < -0.3 is 9.84 Å². The predicted octanol–water partition coefficient (Wildman–Crippen LogP) is 5.16. The van der Waals surface area contributed by atoms with Crippen molar-refractivity contribution in [3.8, 4) is 11.8 Å². The molecule has 4 rings (SSSR count). The van der Waals surface area contributed by atoms with E-state index >= 15 is 0 Å². The minimum atomic E-state index is -0.888. The lowest BCUT2D eigenvalue weighted by atomic mass is 9.92. The molecule has 1 N–H and O–H groups in total. The van der Waals surface area contributed by atoms with E-state index in [9.17, 15) is 14.7 Å². The fourth-order valence-electron chi connectivity index (χ4n) is 3.94. The number of carbonyl (C=O) groups excluding carboxylic acids is 2. The Kier molecular flexibility index (Phi) is 5.91. The van der Waals surface area contributed by atoms with Crippen molar-refractivity contribution in [2.24, 2.45) is 0 Å². The van der Waals surface area contributed by atoms with Crippen molar-refractivity contribution < 1.29 is 19.4 Å². The van der Waals surface area contributed by atoms with Crippen LogP contribution in [0, 0.1) is 18.3 Å². The van der Waals surface area contributed by atoms with Gasteiger partial charge in [0.15, 0.2) is 0 Å². The summed E-state index contributed by atoms with van der Waals surface area (Å²) >= 11 is 6.33. The van der Waals surface area contributed by atoms with Gasteiger partial charge >= 0.3 is 0 Å². The van der Waals surface area contributed by atoms with E-state index in [2.05, 4.69) is 0 Å². The predicted molar refractivity (Wildman–Crippen MR) is 125 cm³/mol. The number of Topliss-reactive ketones (excluding diaryl/α,β-unsaturated/α-hetero) is 1. The van der Waals surface area contributed by atoms with Crippen molar-refractivity contribution in [2.45, 2.75) is 13.0 Å². The molecule has 0 bridgehead atoms. The Morgan fingerprint density at radius 1 is 1.09 bits per heavy atom. The Balaban J connectivity index is 1.98. The van der Waals surface area contributed by atoms with E-state index in [0.717, 1.165) is 5.56 Å². The van der Waals surface area contributed by atoms with Gasteiger partial charge in [0, 0.05) is 11.3 Å². The number of hydrogen-bond acceptors (Lipinski definition) is 5. The number of methoxy groups -OCH3 is 1. The number of ketones is 1. The molecule has 1 heterocycles. The van der Waals surface area contributed by atoms with E-state index in [1.165, 1.54) is 18.1 Å². The van der Waals surface area contributed by atoms with Gasteiger partial charge in [-0.3, -0.25) is 14.5 Å². The number of halogens is 1. The summed E-state index contributed by atoms with van der Waals surface area (Å²) in [5.41, 5.74) is 2.49. The molecule has 3 aromatic rings. The summed E-state index contributed by atoms with van der Waals surface area (Å²) in [6, 6.07) is 19.5. The van der Waals surface area contributed by atoms with Crippen LogP contribution in [0.2, 0.25) is 5.02 Å². The van der Waals surface area contributed by atoms with Crippen LogP contribution in [0.15, 0.2) is 72.3 Å². The number of aliphatic hydroxyl groups excluding tert-OH is 1. The highest BCUT2D eigenvalue weighted by Gasteiger charge is 2.47. The minimum absolute atomic E-state index is 0.0752. The van der Waals surface area contributed by atoms with Gasteiger partial charge in [0.25, 0.3) is 11.7 Å². The van der Waals surface area contributed by atoms with Gasteiger partial charge in [-0.1, -0.05) is 35.9 Å². The number of ether oxygens (including phenoxy) is 1. The molecular formula is C26H19ClN2O4. The standard InChI is InChI=1S/C26H19ClN2O4/c1-15-5-3-4-6-19(15)23-22(24(30)20-13-18(33-2)11-12-21(20)27)25(31)26(32)29(23)17-9-7-16(14-28)8-10-17/h3-13,23,30H,1-2H3/b24-22+.